The van der Waals surface area contributed by atoms with Gasteiger partial charge in [-0.05, 0) is 56.0 Å². The Morgan fingerprint density at radius 2 is 1.94 bits per heavy atom. The minimum Gasteiger partial charge on any atom is -0.454 e. The van der Waals surface area contributed by atoms with Crippen molar-refractivity contribution in [1.29, 1.82) is 0 Å². The summed E-state index contributed by atoms with van der Waals surface area (Å²) in [6.45, 7) is 4.12. The fourth-order valence-corrected chi connectivity index (χ4v) is 4.61. The number of rotatable bonds is 6. The van der Waals surface area contributed by atoms with Gasteiger partial charge in [-0.15, -0.1) is 0 Å². The lowest BCUT2D eigenvalue weighted by atomic mass is 10.00. The smallest absolute Gasteiger partial charge is 0.256 e. The Morgan fingerprint density at radius 1 is 1.15 bits per heavy atom. The van der Waals surface area contributed by atoms with Crippen molar-refractivity contribution < 1.29 is 18.7 Å². The molecule has 1 saturated heterocycles. The molecule has 1 aromatic heterocycles. The molecule has 5 rings (SSSR count). The lowest BCUT2D eigenvalue weighted by molar-refractivity contribution is 0.102. The maximum absolute atomic E-state index is 14.0. The van der Waals surface area contributed by atoms with E-state index in [2.05, 4.69) is 22.2 Å². The topological polar surface area (TPSA) is 68.6 Å². The summed E-state index contributed by atoms with van der Waals surface area (Å²) in [4.78, 5) is 15.2. The zero-order chi connectivity index (χ0) is 22.8. The number of carbonyl (C=O) groups is 1. The fraction of sp³-hybridized carbons (Fsp3) is 0.360. The zero-order valence-corrected chi connectivity index (χ0v) is 18.5. The molecule has 3 aromatic rings. The second-order valence-electron chi connectivity index (χ2n) is 8.59. The molecule has 33 heavy (non-hydrogen) atoms. The van der Waals surface area contributed by atoms with Gasteiger partial charge in [-0.3, -0.25) is 4.79 Å². The van der Waals surface area contributed by atoms with Crippen LogP contribution in [0.15, 0.2) is 54.7 Å². The van der Waals surface area contributed by atoms with E-state index in [-0.39, 0.29) is 30.6 Å². The molecule has 7 nitrogen and oxygen atoms in total. The Hall–Kier alpha value is -3.39. The first kappa shape index (κ1) is 21.5. The van der Waals surface area contributed by atoms with E-state index in [4.69, 9.17) is 9.47 Å². The van der Waals surface area contributed by atoms with Crippen molar-refractivity contribution in [2.24, 2.45) is 0 Å². The largest absolute Gasteiger partial charge is 0.454 e. The van der Waals surface area contributed by atoms with E-state index in [1.807, 2.05) is 22.9 Å². The second kappa shape index (κ2) is 9.23. The SMILES string of the molecule is CC(Cc1ccccc1F)N1CCC(n2nccc2NC(=O)c2ccc3c(c2)OCO3)CC1. The quantitative estimate of drug-likeness (QED) is 0.608. The van der Waals surface area contributed by atoms with Crippen LogP contribution >= 0.6 is 0 Å². The second-order valence-corrected chi connectivity index (χ2v) is 8.59. The first-order chi connectivity index (χ1) is 16.1. The summed E-state index contributed by atoms with van der Waals surface area (Å²) in [5, 5.41) is 7.46. The van der Waals surface area contributed by atoms with Crippen LogP contribution < -0.4 is 14.8 Å². The van der Waals surface area contributed by atoms with Crippen LogP contribution in [-0.4, -0.2) is 46.5 Å². The summed E-state index contributed by atoms with van der Waals surface area (Å²) in [6.07, 6.45) is 4.23. The van der Waals surface area contributed by atoms with Gasteiger partial charge in [-0.2, -0.15) is 5.10 Å². The first-order valence-electron chi connectivity index (χ1n) is 11.3. The fourth-order valence-electron chi connectivity index (χ4n) is 4.61. The molecule has 1 atom stereocenters. The van der Waals surface area contributed by atoms with Crippen molar-refractivity contribution in [3.8, 4) is 11.5 Å². The molecule has 2 aliphatic rings. The normalized spacial score (nSPS) is 17.2. The third kappa shape index (κ3) is 4.57. The molecular weight excluding hydrogens is 423 g/mol. The van der Waals surface area contributed by atoms with Gasteiger partial charge in [-0.1, -0.05) is 18.2 Å². The van der Waals surface area contributed by atoms with Crippen LogP contribution in [0.4, 0.5) is 10.2 Å². The van der Waals surface area contributed by atoms with E-state index < -0.39 is 0 Å². The number of fused-ring (bicyclic) bond motifs is 1. The highest BCUT2D eigenvalue weighted by Crippen LogP contribution is 2.33. The van der Waals surface area contributed by atoms with Gasteiger partial charge >= 0.3 is 0 Å². The van der Waals surface area contributed by atoms with Gasteiger partial charge in [0, 0.05) is 30.8 Å². The van der Waals surface area contributed by atoms with Crippen molar-refractivity contribution in [1.82, 2.24) is 14.7 Å². The average molecular weight is 451 g/mol. The highest BCUT2D eigenvalue weighted by molar-refractivity contribution is 6.04. The highest BCUT2D eigenvalue weighted by atomic mass is 19.1. The minimum absolute atomic E-state index is 0.140. The van der Waals surface area contributed by atoms with E-state index in [0.29, 0.717) is 29.3 Å². The highest BCUT2D eigenvalue weighted by Gasteiger charge is 2.26. The maximum Gasteiger partial charge on any atom is 0.256 e. The Morgan fingerprint density at radius 3 is 2.76 bits per heavy atom. The van der Waals surface area contributed by atoms with Gasteiger partial charge in [0.05, 0.1) is 12.2 Å². The van der Waals surface area contributed by atoms with E-state index >= 15 is 0 Å². The van der Waals surface area contributed by atoms with Gasteiger partial charge in [0.2, 0.25) is 6.79 Å². The Kier molecular flexibility index (Phi) is 6.00. The third-order valence-electron chi connectivity index (χ3n) is 6.49. The number of hydrogen-bond acceptors (Lipinski definition) is 5. The molecule has 1 amide bonds. The molecule has 172 valence electrons. The number of likely N-dealkylation sites (tertiary alicyclic amines) is 1. The minimum atomic E-state index is -0.217. The lowest BCUT2D eigenvalue weighted by Crippen LogP contribution is -2.41. The molecule has 0 spiro atoms. The number of piperidine rings is 1. The molecule has 2 aliphatic heterocycles. The van der Waals surface area contributed by atoms with Crippen LogP contribution in [0.3, 0.4) is 0 Å². The Bertz CT molecular complexity index is 1140. The monoisotopic (exact) mass is 450 g/mol. The molecule has 3 heterocycles. The molecule has 1 N–H and O–H groups in total. The van der Waals surface area contributed by atoms with Gasteiger partial charge in [-0.25, -0.2) is 9.07 Å². The molecule has 2 aromatic carbocycles. The summed E-state index contributed by atoms with van der Waals surface area (Å²) in [5.74, 6) is 1.54. The number of amides is 1. The predicted octanol–water partition coefficient (Wildman–Crippen LogP) is 4.27. The molecule has 0 aliphatic carbocycles. The summed E-state index contributed by atoms with van der Waals surface area (Å²) < 4.78 is 26.6. The van der Waals surface area contributed by atoms with Crippen molar-refractivity contribution in [2.45, 2.75) is 38.3 Å². The molecule has 0 radical (unpaired) electrons. The summed E-state index contributed by atoms with van der Waals surface area (Å²) in [5.41, 5.74) is 1.26. The molecule has 1 unspecified atom stereocenters. The number of halogens is 1. The number of nitrogens with one attached hydrogen (secondary N) is 1. The van der Waals surface area contributed by atoms with Crippen molar-refractivity contribution in [3.63, 3.8) is 0 Å². The Balaban J connectivity index is 1.19. The van der Waals surface area contributed by atoms with Crippen LogP contribution in [0.5, 0.6) is 11.5 Å². The first-order valence-corrected chi connectivity index (χ1v) is 11.3. The van der Waals surface area contributed by atoms with Gasteiger partial charge < -0.3 is 19.7 Å². The Labute approximate surface area is 192 Å². The van der Waals surface area contributed by atoms with Crippen LogP contribution in [0.25, 0.3) is 0 Å². The number of anilines is 1. The van der Waals surface area contributed by atoms with Gasteiger partial charge in [0.15, 0.2) is 11.5 Å². The number of hydrogen-bond donors (Lipinski definition) is 1. The van der Waals surface area contributed by atoms with E-state index in [1.54, 1.807) is 30.5 Å². The van der Waals surface area contributed by atoms with Crippen LogP contribution in [0, 0.1) is 5.82 Å². The van der Waals surface area contributed by atoms with Crippen molar-refractivity contribution in [2.75, 3.05) is 25.2 Å². The summed E-state index contributed by atoms with van der Waals surface area (Å²) >= 11 is 0. The molecule has 1 fully saturated rings. The van der Waals surface area contributed by atoms with Crippen LogP contribution in [-0.2, 0) is 6.42 Å². The molecular formula is C25H27FN4O3. The van der Waals surface area contributed by atoms with Gasteiger partial charge in [0.25, 0.3) is 5.91 Å². The van der Waals surface area contributed by atoms with Gasteiger partial charge in [0.1, 0.15) is 11.6 Å². The maximum atomic E-state index is 14.0. The number of benzene rings is 2. The predicted molar refractivity (Wildman–Crippen MR) is 122 cm³/mol. The number of aromatic nitrogens is 2. The zero-order valence-electron chi connectivity index (χ0n) is 18.5. The molecule has 8 heteroatoms. The molecule has 0 bridgehead atoms. The number of ether oxygens (including phenoxy) is 2. The summed E-state index contributed by atoms with van der Waals surface area (Å²) in [7, 11) is 0. The van der Waals surface area contributed by atoms with E-state index in [9.17, 15) is 9.18 Å². The summed E-state index contributed by atoms with van der Waals surface area (Å²) in [6, 6.07) is 14.4. The average Bonchev–Trinajstić information content (AvgIpc) is 3.49. The van der Waals surface area contributed by atoms with Crippen molar-refractivity contribution >= 4 is 11.7 Å². The molecule has 0 saturated carbocycles. The lowest BCUT2D eigenvalue weighted by Gasteiger charge is -2.36. The standard InChI is InChI=1S/C25H27FN4O3/c1-17(14-18-4-2-3-5-21(18)26)29-12-9-20(10-13-29)30-24(8-11-27-30)28-25(31)19-6-7-22-23(15-19)33-16-32-22/h2-8,11,15,17,20H,9-10,12-14,16H2,1H3,(H,28,31). The van der Waals surface area contributed by atoms with E-state index in [0.717, 1.165) is 31.5 Å². The number of carbonyl (C=O) groups excluding carboxylic acids is 1. The van der Waals surface area contributed by atoms with Crippen LogP contribution in [0.2, 0.25) is 0 Å². The third-order valence-corrected chi connectivity index (χ3v) is 6.49. The van der Waals surface area contributed by atoms with Crippen molar-refractivity contribution in [3.05, 3.63) is 71.7 Å². The van der Waals surface area contributed by atoms with E-state index in [1.165, 1.54) is 6.07 Å². The van der Waals surface area contributed by atoms with Crippen LogP contribution in [0.1, 0.15) is 41.7 Å². The number of nitrogens with zero attached hydrogens (tertiary/aromatic N) is 3.